The summed E-state index contributed by atoms with van der Waals surface area (Å²) in [5, 5.41) is 9.86. The SMILES string of the molecule is O=C1CN(c2c(O)ccc(/C=C/c3cccc(F)c3)c2F)S(=O)(=O)N1. The summed E-state index contributed by atoms with van der Waals surface area (Å²) in [5.41, 5.74) is -0.189. The molecule has 0 bridgehead atoms. The first-order chi connectivity index (χ1) is 11.8. The number of hydrogen-bond donors (Lipinski definition) is 2. The van der Waals surface area contributed by atoms with Crippen molar-refractivity contribution in [1.82, 2.24) is 4.72 Å². The van der Waals surface area contributed by atoms with E-state index in [1.165, 1.54) is 36.4 Å². The van der Waals surface area contributed by atoms with E-state index in [0.29, 0.717) is 9.87 Å². The van der Waals surface area contributed by atoms with Crippen molar-refractivity contribution in [1.29, 1.82) is 0 Å². The highest BCUT2D eigenvalue weighted by molar-refractivity contribution is 7.92. The maximum atomic E-state index is 14.7. The van der Waals surface area contributed by atoms with Crippen LogP contribution in [0.2, 0.25) is 0 Å². The third-order valence-corrected chi connectivity index (χ3v) is 4.88. The monoisotopic (exact) mass is 366 g/mol. The molecular formula is C16H12F2N2O4S. The van der Waals surface area contributed by atoms with Gasteiger partial charge in [0.2, 0.25) is 0 Å². The van der Waals surface area contributed by atoms with E-state index in [4.69, 9.17) is 0 Å². The number of carbonyl (C=O) groups excluding carboxylic acids is 1. The zero-order valence-corrected chi connectivity index (χ0v) is 13.4. The van der Waals surface area contributed by atoms with Gasteiger partial charge in [0, 0.05) is 5.56 Å². The Balaban J connectivity index is 2.02. The molecule has 25 heavy (non-hydrogen) atoms. The van der Waals surface area contributed by atoms with Crippen molar-refractivity contribution < 1.29 is 27.1 Å². The number of benzene rings is 2. The highest BCUT2D eigenvalue weighted by atomic mass is 32.2. The molecular weight excluding hydrogens is 354 g/mol. The fourth-order valence-corrected chi connectivity index (χ4v) is 3.54. The van der Waals surface area contributed by atoms with Crippen molar-refractivity contribution in [3.05, 3.63) is 59.2 Å². The lowest BCUT2D eigenvalue weighted by molar-refractivity contribution is -0.117. The third-order valence-electron chi connectivity index (χ3n) is 3.50. The van der Waals surface area contributed by atoms with Crippen molar-refractivity contribution in [2.24, 2.45) is 0 Å². The largest absolute Gasteiger partial charge is 0.506 e. The van der Waals surface area contributed by atoms with Gasteiger partial charge in [-0.05, 0) is 29.8 Å². The van der Waals surface area contributed by atoms with Crippen LogP contribution >= 0.6 is 0 Å². The van der Waals surface area contributed by atoms with E-state index in [9.17, 15) is 27.1 Å². The number of nitrogens with one attached hydrogen (secondary N) is 1. The summed E-state index contributed by atoms with van der Waals surface area (Å²) >= 11 is 0. The molecule has 0 spiro atoms. The molecule has 1 aliphatic heterocycles. The standard InChI is InChI=1S/C16H12F2N2O4S/c17-12-3-1-2-10(8-12)4-5-11-6-7-13(21)16(15(11)18)20-9-14(22)19-25(20,23)24/h1-8,21H,9H2,(H,19,22)/b5-4+. The van der Waals surface area contributed by atoms with E-state index in [-0.39, 0.29) is 5.56 Å². The van der Waals surface area contributed by atoms with Crippen LogP contribution in [-0.2, 0) is 15.0 Å². The molecule has 0 aliphatic carbocycles. The summed E-state index contributed by atoms with van der Waals surface area (Å²) < 4.78 is 53.8. The number of phenolic OH excluding ortho intramolecular Hbond substituents is 1. The second kappa shape index (κ2) is 6.17. The van der Waals surface area contributed by atoms with Gasteiger partial charge in [-0.1, -0.05) is 24.3 Å². The number of nitrogens with zero attached hydrogens (tertiary/aromatic N) is 1. The van der Waals surface area contributed by atoms with Gasteiger partial charge in [-0.15, -0.1) is 0 Å². The molecule has 3 rings (SSSR count). The molecule has 6 nitrogen and oxygen atoms in total. The van der Waals surface area contributed by atoms with Crippen LogP contribution in [-0.4, -0.2) is 26.0 Å². The average molecular weight is 366 g/mol. The van der Waals surface area contributed by atoms with Crippen LogP contribution in [0.1, 0.15) is 11.1 Å². The van der Waals surface area contributed by atoms with Crippen LogP contribution in [0, 0.1) is 11.6 Å². The predicted molar refractivity (Wildman–Crippen MR) is 87.8 cm³/mol. The van der Waals surface area contributed by atoms with E-state index in [1.807, 2.05) is 0 Å². The summed E-state index contributed by atoms with van der Waals surface area (Å²) in [5.74, 6) is -2.94. The number of rotatable bonds is 3. The molecule has 0 saturated carbocycles. The van der Waals surface area contributed by atoms with Crippen molar-refractivity contribution in [2.45, 2.75) is 0 Å². The molecule has 2 aromatic rings. The third kappa shape index (κ3) is 3.31. The minimum absolute atomic E-state index is 0.0355. The molecule has 2 aromatic carbocycles. The molecule has 0 atom stereocenters. The quantitative estimate of drug-likeness (QED) is 0.814. The fourth-order valence-electron chi connectivity index (χ4n) is 2.38. The van der Waals surface area contributed by atoms with E-state index in [1.54, 1.807) is 10.8 Å². The summed E-state index contributed by atoms with van der Waals surface area (Å²) in [6.45, 7) is -0.635. The maximum absolute atomic E-state index is 14.7. The number of halogens is 2. The highest BCUT2D eigenvalue weighted by Crippen LogP contribution is 2.35. The second-order valence-electron chi connectivity index (χ2n) is 5.26. The Labute approximate surface area is 142 Å². The minimum Gasteiger partial charge on any atom is -0.506 e. The first kappa shape index (κ1) is 16.9. The number of amides is 1. The molecule has 0 aromatic heterocycles. The van der Waals surface area contributed by atoms with E-state index < -0.39 is 45.7 Å². The topological polar surface area (TPSA) is 86.7 Å². The van der Waals surface area contributed by atoms with Gasteiger partial charge in [0.15, 0.2) is 5.82 Å². The van der Waals surface area contributed by atoms with Crippen LogP contribution in [0.15, 0.2) is 36.4 Å². The van der Waals surface area contributed by atoms with Crippen LogP contribution in [0.3, 0.4) is 0 Å². The van der Waals surface area contributed by atoms with E-state index in [2.05, 4.69) is 0 Å². The van der Waals surface area contributed by atoms with Gasteiger partial charge < -0.3 is 5.11 Å². The van der Waals surface area contributed by atoms with Gasteiger partial charge in [0.25, 0.3) is 5.91 Å². The molecule has 0 radical (unpaired) electrons. The Hall–Kier alpha value is -2.94. The molecule has 1 amide bonds. The second-order valence-corrected chi connectivity index (χ2v) is 6.86. The Bertz CT molecular complexity index is 990. The van der Waals surface area contributed by atoms with Crippen molar-refractivity contribution >= 4 is 34.0 Å². The van der Waals surface area contributed by atoms with Crippen LogP contribution in [0.5, 0.6) is 5.75 Å². The number of carbonyl (C=O) groups is 1. The van der Waals surface area contributed by atoms with Gasteiger partial charge in [-0.25, -0.2) is 17.8 Å². The Morgan fingerprint density at radius 1 is 1.16 bits per heavy atom. The van der Waals surface area contributed by atoms with Crippen molar-refractivity contribution in [3.8, 4) is 5.75 Å². The van der Waals surface area contributed by atoms with Gasteiger partial charge in [0.05, 0.1) is 0 Å². The lowest BCUT2D eigenvalue weighted by Gasteiger charge is -2.17. The molecule has 1 aliphatic rings. The molecule has 1 saturated heterocycles. The summed E-state index contributed by atoms with van der Waals surface area (Å²) in [4.78, 5) is 11.3. The number of phenols is 1. The summed E-state index contributed by atoms with van der Waals surface area (Å²) in [6, 6.07) is 7.94. The van der Waals surface area contributed by atoms with E-state index >= 15 is 0 Å². The van der Waals surface area contributed by atoms with Gasteiger partial charge in [0.1, 0.15) is 23.8 Å². The molecule has 2 N–H and O–H groups in total. The molecule has 1 heterocycles. The summed E-state index contributed by atoms with van der Waals surface area (Å²) in [7, 11) is -4.26. The number of hydrogen-bond acceptors (Lipinski definition) is 4. The molecule has 0 unspecified atom stereocenters. The van der Waals surface area contributed by atoms with Crippen LogP contribution in [0.4, 0.5) is 14.5 Å². The number of aromatic hydroxyl groups is 1. The van der Waals surface area contributed by atoms with Crippen molar-refractivity contribution in [2.75, 3.05) is 10.8 Å². The lowest BCUT2D eigenvalue weighted by atomic mass is 10.1. The zero-order valence-electron chi connectivity index (χ0n) is 12.6. The Morgan fingerprint density at radius 2 is 1.92 bits per heavy atom. The average Bonchev–Trinajstić information content (AvgIpc) is 2.79. The van der Waals surface area contributed by atoms with Crippen molar-refractivity contribution in [3.63, 3.8) is 0 Å². The number of anilines is 1. The van der Waals surface area contributed by atoms with Crippen LogP contribution < -0.4 is 9.03 Å². The smallest absolute Gasteiger partial charge is 0.326 e. The van der Waals surface area contributed by atoms with Crippen LogP contribution in [0.25, 0.3) is 12.2 Å². The van der Waals surface area contributed by atoms with E-state index in [0.717, 1.165) is 6.07 Å². The maximum Gasteiger partial charge on any atom is 0.326 e. The highest BCUT2D eigenvalue weighted by Gasteiger charge is 2.37. The van der Waals surface area contributed by atoms with Gasteiger partial charge in [-0.3, -0.25) is 4.79 Å². The molecule has 9 heteroatoms. The Morgan fingerprint density at radius 3 is 2.56 bits per heavy atom. The fraction of sp³-hybridized carbons (Fsp3) is 0.0625. The zero-order chi connectivity index (χ0) is 18.2. The normalized spacial score (nSPS) is 16.4. The van der Waals surface area contributed by atoms with Gasteiger partial charge >= 0.3 is 10.2 Å². The first-order valence-corrected chi connectivity index (χ1v) is 8.50. The Kier molecular flexibility index (Phi) is 4.17. The predicted octanol–water partition coefficient (Wildman–Crippen LogP) is 2.02. The summed E-state index contributed by atoms with van der Waals surface area (Å²) in [6.07, 6.45) is 2.75. The van der Waals surface area contributed by atoms with Gasteiger partial charge in [-0.2, -0.15) is 8.42 Å². The molecule has 130 valence electrons. The molecule has 1 fully saturated rings. The first-order valence-electron chi connectivity index (χ1n) is 7.06. The lowest BCUT2D eigenvalue weighted by Crippen LogP contribution is -2.30. The minimum atomic E-state index is -4.26.